The Hall–Kier alpha value is -2.30. The lowest BCUT2D eigenvalue weighted by Crippen LogP contribution is -2.09. The fourth-order valence-corrected chi connectivity index (χ4v) is 2.23. The molecule has 0 radical (unpaired) electrons. The molecule has 2 rings (SSSR count). The summed E-state index contributed by atoms with van der Waals surface area (Å²) in [5.74, 6) is -0.887. The molecular formula is C17H12Cl2O4. The van der Waals surface area contributed by atoms with Crippen molar-refractivity contribution in [1.29, 1.82) is 0 Å². The fraction of sp³-hybridized carbons (Fsp3) is 0.0588. The van der Waals surface area contributed by atoms with Gasteiger partial charge in [0, 0.05) is 15.6 Å². The van der Waals surface area contributed by atoms with Crippen LogP contribution in [0.4, 0.5) is 0 Å². The van der Waals surface area contributed by atoms with Gasteiger partial charge in [-0.1, -0.05) is 29.3 Å². The number of carbonyl (C=O) groups is 2. The van der Waals surface area contributed by atoms with Gasteiger partial charge >= 0.3 is 5.97 Å². The molecule has 0 unspecified atom stereocenters. The maximum absolute atomic E-state index is 12.1. The van der Waals surface area contributed by atoms with E-state index in [1.54, 1.807) is 48.5 Å². The first-order chi connectivity index (χ1) is 11.0. The number of allylic oxidation sites excluding steroid dienone is 1. The molecule has 0 aromatic heterocycles. The summed E-state index contributed by atoms with van der Waals surface area (Å²) < 4.78 is 5.00. The van der Waals surface area contributed by atoms with E-state index in [0.29, 0.717) is 26.9 Å². The smallest absolute Gasteiger partial charge is 0.341 e. The van der Waals surface area contributed by atoms with E-state index in [4.69, 9.17) is 33.0 Å². The number of hydrogen-bond acceptors (Lipinski definition) is 3. The first-order valence-corrected chi connectivity index (χ1v) is 7.33. The van der Waals surface area contributed by atoms with Crippen LogP contribution in [0, 0.1) is 0 Å². The number of carboxylic acids is 1. The van der Waals surface area contributed by atoms with Crippen LogP contribution in [-0.2, 0) is 4.79 Å². The summed E-state index contributed by atoms with van der Waals surface area (Å²) in [5.41, 5.74) is 1.14. The number of rotatable bonds is 6. The minimum Gasteiger partial charge on any atom is -0.482 e. The van der Waals surface area contributed by atoms with Crippen LogP contribution in [0.3, 0.4) is 0 Å². The van der Waals surface area contributed by atoms with Gasteiger partial charge in [0.2, 0.25) is 0 Å². The third kappa shape index (κ3) is 5.13. The van der Waals surface area contributed by atoms with Crippen LogP contribution in [0.25, 0.3) is 6.08 Å². The molecule has 6 heteroatoms. The molecule has 0 fully saturated rings. The average Bonchev–Trinajstić information content (AvgIpc) is 2.52. The Morgan fingerprint density at radius 3 is 2.39 bits per heavy atom. The maximum Gasteiger partial charge on any atom is 0.341 e. The summed E-state index contributed by atoms with van der Waals surface area (Å²) >= 11 is 11.8. The number of carbonyl (C=O) groups excluding carboxylic acids is 1. The molecular weight excluding hydrogens is 339 g/mol. The Morgan fingerprint density at radius 2 is 1.78 bits per heavy atom. The Labute approximate surface area is 142 Å². The molecule has 1 N–H and O–H groups in total. The second-order valence-corrected chi connectivity index (χ2v) is 5.41. The summed E-state index contributed by atoms with van der Waals surface area (Å²) in [7, 11) is 0. The zero-order valence-corrected chi connectivity index (χ0v) is 13.3. The van der Waals surface area contributed by atoms with Crippen LogP contribution >= 0.6 is 23.2 Å². The SMILES string of the molecule is O=C(O)COc1ccc(C(=O)/C=C\c2ccc(Cl)cc2Cl)cc1. The zero-order chi connectivity index (χ0) is 16.8. The monoisotopic (exact) mass is 350 g/mol. The van der Waals surface area contributed by atoms with Crippen LogP contribution in [0.1, 0.15) is 15.9 Å². The third-order valence-electron chi connectivity index (χ3n) is 2.88. The van der Waals surface area contributed by atoms with Crippen molar-refractivity contribution in [2.45, 2.75) is 0 Å². The number of carboxylic acid groups (broad SMARTS) is 1. The number of aliphatic carboxylic acids is 1. The van der Waals surface area contributed by atoms with E-state index in [2.05, 4.69) is 0 Å². The highest BCUT2D eigenvalue weighted by atomic mass is 35.5. The molecule has 0 saturated carbocycles. The number of ether oxygens (including phenoxy) is 1. The van der Waals surface area contributed by atoms with Crippen LogP contribution in [0.15, 0.2) is 48.5 Å². The van der Waals surface area contributed by atoms with Crippen molar-refractivity contribution in [2.75, 3.05) is 6.61 Å². The van der Waals surface area contributed by atoms with Gasteiger partial charge in [0.15, 0.2) is 12.4 Å². The topological polar surface area (TPSA) is 63.6 Å². The van der Waals surface area contributed by atoms with Gasteiger partial charge in [-0.25, -0.2) is 4.79 Å². The second-order valence-electron chi connectivity index (χ2n) is 4.57. The summed E-state index contributed by atoms with van der Waals surface area (Å²) in [6.07, 6.45) is 3.01. The predicted molar refractivity (Wildman–Crippen MR) is 89.4 cm³/mol. The summed E-state index contributed by atoms with van der Waals surface area (Å²) in [4.78, 5) is 22.5. The molecule has 4 nitrogen and oxygen atoms in total. The minimum atomic E-state index is -1.06. The van der Waals surface area contributed by atoms with E-state index in [0.717, 1.165) is 0 Å². The Balaban J connectivity index is 2.05. The van der Waals surface area contributed by atoms with Gasteiger partial charge in [-0.15, -0.1) is 0 Å². The van der Waals surface area contributed by atoms with E-state index in [1.165, 1.54) is 6.08 Å². The van der Waals surface area contributed by atoms with Crippen LogP contribution in [0.2, 0.25) is 10.0 Å². The van der Waals surface area contributed by atoms with Gasteiger partial charge in [-0.05, 0) is 54.1 Å². The van der Waals surface area contributed by atoms with Crippen molar-refractivity contribution in [3.8, 4) is 5.75 Å². The van der Waals surface area contributed by atoms with E-state index < -0.39 is 12.6 Å². The van der Waals surface area contributed by atoms with Crippen molar-refractivity contribution in [2.24, 2.45) is 0 Å². The van der Waals surface area contributed by atoms with Crippen molar-refractivity contribution >= 4 is 41.0 Å². The van der Waals surface area contributed by atoms with Crippen LogP contribution in [0.5, 0.6) is 5.75 Å². The van der Waals surface area contributed by atoms with Crippen molar-refractivity contribution < 1.29 is 19.4 Å². The van der Waals surface area contributed by atoms with E-state index in [9.17, 15) is 9.59 Å². The predicted octanol–water partition coefficient (Wildman–Crippen LogP) is 4.35. The van der Waals surface area contributed by atoms with Gasteiger partial charge in [-0.2, -0.15) is 0 Å². The van der Waals surface area contributed by atoms with Crippen LogP contribution < -0.4 is 4.74 Å². The highest BCUT2D eigenvalue weighted by molar-refractivity contribution is 6.35. The quantitative estimate of drug-likeness (QED) is 0.621. The highest BCUT2D eigenvalue weighted by Gasteiger charge is 2.04. The summed E-state index contributed by atoms with van der Waals surface area (Å²) in [6, 6.07) is 11.2. The zero-order valence-electron chi connectivity index (χ0n) is 11.8. The first-order valence-electron chi connectivity index (χ1n) is 6.58. The van der Waals surface area contributed by atoms with Crippen molar-refractivity contribution in [1.82, 2.24) is 0 Å². The van der Waals surface area contributed by atoms with E-state index in [1.807, 2.05) is 0 Å². The van der Waals surface area contributed by atoms with E-state index in [-0.39, 0.29) is 5.78 Å². The normalized spacial score (nSPS) is 10.7. The van der Waals surface area contributed by atoms with Gasteiger partial charge in [0.1, 0.15) is 5.75 Å². The molecule has 23 heavy (non-hydrogen) atoms. The van der Waals surface area contributed by atoms with Crippen molar-refractivity contribution in [3.05, 3.63) is 69.7 Å². The van der Waals surface area contributed by atoms with Gasteiger partial charge < -0.3 is 9.84 Å². The van der Waals surface area contributed by atoms with Gasteiger partial charge in [-0.3, -0.25) is 4.79 Å². The molecule has 0 aliphatic rings. The minimum absolute atomic E-state index is 0.208. The molecule has 0 atom stereocenters. The molecule has 0 aliphatic heterocycles. The largest absolute Gasteiger partial charge is 0.482 e. The third-order valence-corrected chi connectivity index (χ3v) is 3.44. The molecule has 2 aromatic carbocycles. The Bertz CT molecular complexity index is 752. The molecule has 0 spiro atoms. The number of benzene rings is 2. The van der Waals surface area contributed by atoms with Crippen LogP contribution in [-0.4, -0.2) is 23.5 Å². The highest BCUT2D eigenvalue weighted by Crippen LogP contribution is 2.22. The Morgan fingerprint density at radius 1 is 1.09 bits per heavy atom. The number of ketones is 1. The molecule has 118 valence electrons. The van der Waals surface area contributed by atoms with Crippen molar-refractivity contribution in [3.63, 3.8) is 0 Å². The standard InChI is InChI=1S/C17H12Cl2O4/c18-13-5-1-11(15(19)9-13)4-8-16(20)12-2-6-14(7-3-12)23-10-17(21)22/h1-9H,10H2,(H,21,22)/b8-4-. The first kappa shape index (κ1) is 17.1. The molecule has 0 aliphatic carbocycles. The lowest BCUT2D eigenvalue weighted by atomic mass is 10.1. The molecule has 2 aromatic rings. The average molecular weight is 351 g/mol. The second kappa shape index (κ2) is 7.81. The molecule has 0 bridgehead atoms. The summed E-state index contributed by atoms with van der Waals surface area (Å²) in [5, 5.41) is 9.51. The number of hydrogen-bond donors (Lipinski definition) is 1. The van der Waals surface area contributed by atoms with Gasteiger partial charge in [0.05, 0.1) is 0 Å². The molecule has 0 amide bonds. The van der Waals surface area contributed by atoms with E-state index >= 15 is 0 Å². The lowest BCUT2D eigenvalue weighted by molar-refractivity contribution is -0.139. The molecule has 0 heterocycles. The fourth-order valence-electron chi connectivity index (χ4n) is 1.76. The number of halogens is 2. The molecule has 0 saturated heterocycles. The lowest BCUT2D eigenvalue weighted by Gasteiger charge is -2.03. The summed E-state index contributed by atoms with van der Waals surface area (Å²) in [6.45, 7) is -0.428. The maximum atomic E-state index is 12.1. The van der Waals surface area contributed by atoms with Gasteiger partial charge in [0.25, 0.3) is 0 Å². The Kier molecular flexibility index (Phi) is 5.79.